The van der Waals surface area contributed by atoms with Gasteiger partial charge in [-0.2, -0.15) is 0 Å². The van der Waals surface area contributed by atoms with Crippen LogP contribution in [0.4, 0.5) is 4.79 Å². The lowest BCUT2D eigenvalue weighted by Crippen LogP contribution is -2.50. The smallest absolute Gasteiger partial charge is 0.317 e. The van der Waals surface area contributed by atoms with Crippen molar-refractivity contribution < 1.29 is 9.59 Å². The van der Waals surface area contributed by atoms with E-state index in [1.54, 1.807) is 0 Å². The SMILES string of the molecule is CC(C)N(Cc1ccccc1)C(=O)C1CCN(C(=O)NC2CCCCC2)CC1. The first kappa shape index (κ1) is 20.7. The third-order valence-corrected chi connectivity index (χ3v) is 6.17. The van der Waals surface area contributed by atoms with Gasteiger partial charge in [-0.25, -0.2) is 4.79 Å². The lowest BCUT2D eigenvalue weighted by atomic mass is 9.94. The molecule has 5 nitrogen and oxygen atoms in total. The summed E-state index contributed by atoms with van der Waals surface area (Å²) in [6.07, 6.45) is 7.44. The van der Waals surface area contributed by atoms with Crippen molar-refractivity contribution in [1.29, 1.82) is 0 Å². The van der Waals surface area contributed by atoms with Gasteiger partial charge >= 0.3 is 6.03 Å². The molecule has 2 aliphatic rings. The lowest BCUT2D eigenvalue weighted by Gasteiger charge is -2.36. The molecule has 0 spiro atoms. The minimum atomic E-state index is 0.0184. The number of rotatable bonds is 5. The number of carbonyl (C=O) groups is 2. The van der Waals surface area contributed by atoms with Gasteiger partial charge in [-0.3, -0.25) is 4.79 Å². The van der Waals surface area contributed by atoms with Gasteiger partial charge < -0.3 is 15.1 Å². The molecule has 1 saturated heterocycles. The van der Waals surface area contributed by atoms with E-state index in [1.165, 1.54) is 19.3 Å². The van der Waals surface area contributed by atoms with Gasteiger partial charge in [0.05, 0.1) is 0 Å². The van der Waals surface area contributed by atoms with Gasteiger partial charge in [-0.05, 0) is 45.1 Å². The Morgan fingerprint density at radius 3 is 2.29 bits per heavy atom. The molecule has 1 aliphatic carbocycles. The molecule has 0 aromatic heterocycles. The molecule has 1 aromatic rings. The summed E-state index contributed by atoms with van der Waals surface area (Å²) in [4.78, 5) is 29.6. The van der Waals surface area contributed by atoms with Gasteiger partial charge in [0.25, 0.3) is 0 Å². The Bertz CT molecular complexity index is 633. The molecular formula is C23H35N3O2. The predicted octanol–water partition coefficient (Wildman–Crippen LogP) is 4.18. The number of benzene rings is 1. The van der Waals surface area contributed by atoms with Gasteiger partial charge in [0.1, 0.15) is 0 Å². The first-order chi connectivity index (χ1) is 13.5. The second-order valence-corrected chi connectivity index (χ2v) is 8.59. The molecule has 2 fully saturated rings. The van der Waals surface area contributed by atoms with Crippen molar-refractivity contribution >= 4 is 11.9 Å². The quantitative estimate of drug-likeness (QED) is 0.827. The highest BCUT2D eigenvalue weighted by Gasteiger charge is 2.31. The third-order valence-electron chi connectivity index (χ3n) is 6.17. The molecule has 0 bridgehead atoms. The van der Waals surface area contributed by atoms with Crippen molar-refractivity contribution in [3.8, 4) is 0 Å². The Balaban J connectivity index is 1.51. The molecule has 1 saturated carbocycles. The maximum absolute atomic E-state index is 13.1. The van der Waals surface area contributed by atoms with Crippen LogP contribution in [-0.4, -0.2) is 46.9 Å². The maximum atomic E-state index is 13.1. The van der Waals surface area contributed by atoms with Crippen LogP contribution in [0.5, 0.6) is 0 Å². The topological polar surface area (TPSA) is 52.7 Å². The number of piperidine rings is 1. The van der Waals surface area contributed by atoms with Crippen LogP contribution in [0.25, 0.3) is 0 Å². The van der Waals surface area contributed by atoms with E-state index in [1.807, 2.05) is 28.0 Å². The van der Waals surface area contributed by atoms with Gasteiger partial charge in [-0.15, -0.1) is 0 Å². The van der Waals surface area contributed by atoms with Crippen molar-refractivity contribution in [2.45, 2.75) is 77.4 Å². The van der Waals surface area contributed by atoms with Crippen molar-refractivity contribution in [3.05, 3.63) is 35.9 Å². The maximum Gasteiger partial charge on any atom is 0.317 e. The van der Waals surface area contributed by atoms with Crippen LogP contribution in [0.15, 0.2) is 30.3 Å². The first-order valence-electron chi connectivity index (χ1n) is 10.9. The average molecular weight is 386 g/mol. The van der Waals surface area contributed by atoms with E-state index in [0.717, 1.165) is 31.2 Å². The number of nitrogens with one attached hydrogen (secondary N) is 1. The zero-order valence-electron chi connectivity index (χ0n) is 17.4. The molecule has 1 aromatic carbocycles. The summed E-state index contributed by atoms with van der Waals surface area (Å²) in [5, 5.41) is 3.20. The third kappa shape index (κ3) is 5.49. The zero-order chi connectivity index (χ0) is 19.9. The minimum Gasteiger partial charge on any atom is -0.336 e. The van der Waals surface area contributed by atoms with Crippen LogP contribution < -0.4 is 5.32 Å². The molecule has 154 valence electrons. The molecule has 0 unspecified atom stereocenters. The van der Waals surface area contributed by atoms with E-state index in [-0.39, 0.29) is 23.9 Å². The van der Waals surface area contributed by atoms with E-state index in [2.05, 4.69) is 31.3 Å². The fourth-order valence-electron chi connectivity index (χ4n) is 4.37. The van der Waals surface area contributed by atoms with E-state index < -0.39 is 0 Å². The van der Waals surface area contributed by atoms with E-state index in [0.29, 0.717) is 25.7 Å². The van der Waals surface area contributed by atoms with Crippen LogP contribution in [0.1, 0.15) is 64.4 Å². The number of hydrogen-bond donors (Lipinski definition) is 1. The number of urea groups is 1. The van der Waals surface area contributed by atoms with Crippen molar-refractivity contribution in [3.63, 3.8) is 0 Å². The van der Waals surface area contributed by atoms with Crippen LogP contribution in [0, 0.1) is 5.92 Å². The predicted molar refractivity (Wildman–Crippen MR) is 112 cm³/mol. The Morgan fingerprint density at radius 1 is 1.04 bits per heavy atom. The van der Waals surface area contributed by atoms with Crippen molar-refractivity contribution in [2.75, 3.05) is 13.1 Å². The summed E-state index contributed by atoms with van der Waals surface area (Å²) in [6, 6.07) is 10.7. The molecule has 1 aliphatic heterocycles. The molecular weight excluding hydrogens is 350 g/mol. The van der Waals surface area contributed by atoms with Gasteiger partial charge in [-0.1, -0.05) is 49.6 Å². The number of hydrogen-bond acceptors (Lipinski definition) is 2. The highest BCUT2D eigenvalue weighted by Crippen LogP contribution is 2.23. The normalized spacial score (nSPS) is 18.9. The molecule has 3 rings (SSSR count). The molecule has 1 N–H and O–H groups in total. The average Bonchev–Trinajstić information content (AvgIpc) is 2.73. The zero-order valence-corrected chi connectivity index (χ0v) is 17.4. The second-order valence-electron chi connectivity index (χ2n) is 8.59. The minimum absolute atomic E-state index is 0.0184. The number of nitrogens with zero attached hydrogens (tertiary/aromatic N) is 2. The van der Waals surface area contributed by atoms with Crippen LogP contribution >= 0.6 is 0 Å². The Morgan fingerprint density at radius 2 is 1.68 bits per heavy atom. The van der Waals surface area contributed by atoms with Crippen molar-refractivity contribution in [2.24, 2.45) is 5.92 Å². The van der Waals surface area contributed by atoms with Crippen LogP contribution in [0.2, 0.25) is 0 Å². The molecule has 0 atom stereocenters. The van der Waals surface area contributed by atoms with E-state index in [4.69, 9.17) is 0 Å². The fraction of sp³-hybridized carbons (Fsp3) is 0.652. The van der Waals surface area contributed by atoms with Crippen LogP contribution in [0.3, 0.4) is 0 Å². The Kier molecular flexibility index (Phi) is 7.35. The lowest BCUT2D eigenvalue weighted by molar-refractivity contribution is -0.139. The van der Waals surface area contributed by atoms with Crippen LogP contribution in [-0.2, 0) is 11.3 Å². The fourth-order valence-corrected chi connectivity index (χ4v) is 4.37. The molecule has 0 radical (unpaired) electrons. The summed E-state index contributed by atoms with van der Waals surface area (Å²) in [5.41, 5.74) is 1.16. The molecule has 28 heavy (non-hydrogen) atoms. The monoisotopic (exact) mass is 385 g/mol. The first-order valence-corrected chi connectivity index (χ1v) is 10.9. The van der Waals surface area contributed by atoms with Gasteiger partial charge in [0.15, 0.2) is 0 Å². The number of amides is 3. The second kappa shape index (κ2) is 9.94. The molecule has 1 heterocycles. The highest BCUT2D eigenvalue weighted by molar-refractivity contribution is 5.80. The summed E-state index contributed by atoms with van der Waals surface area (Å²) < 4.78 is 0. The number of likely N-dealkylation sites (tertiary alicyclic amines) is 1. The van der Waals surface area contributed by atoms with Crippen molar-refractivity contribution in [1.82, 2.24) is 15.1 Å². The van der Waals surface area contributed by atoms with Gasteiger partial charge in [0, 0.05) is 37.6 Å². The summed E-state index contributed by atoms with van der Waals surface area (Å²) in [7, 11) is 0. The largest absolute Gasteiger partial charge is 0.336 e. The summed E-state index contributed by atoms with van der Waals surface area (Å²) in [5.74, 6) is 0.246. The Hall–Kier alpha value is -2.04. The van der Waals surface area contributed by atoms with E-state index in [9.17, 15) is 9.59 Å². The van der Waals surface area contributed by atoms with Gasteiger partial charge in [0.2, 0.25) is 5.91 Å². The Labute approximate surface area is 169 Å². The number of carbonyl (C=O) groups excluding carboxylic acids is 2. The highest BCUT2D eigenvalue weighted by atomic mass is 16.2. The molecule has 5 heteroatoms. The summed E-state index contributed by atoms with van der Waals surface area (Å²) in [6.45, 7) is 6.15. The standard InChI is InChI=1S/C23H35N3O2/c1-18(2)26(17-19-9-5-3-6-10-19)22(27)20-13-15-25(16-14-20)23(28)24-21-11-7-4-8-12-21/h3,5-6,9-10,18,20-21H,4,7-8,11-17H2,1-2H3,(H,24,28). The van der Waals surface area contributed by atoms with E-state index >= 15 is 0 Å². The summed E-state index contributed by atoms with van der Waals surface area (Å²) >= 11 is 0. The molecule has 3 amide bonds.